The molecule has 1 atom stereocenters. The van der Waals surface area contributed by atoms with Gasteiger partial charge < -0.3 is 10.4 Å². The minimum absolute atomic E-state index is 0.121. The molecule has 2 rings (SSSR count). The molecule has 1 saturated carbocycles. The van der Waals surface area contributed by atoms with Gasteiger partial charge in [-0.2, -0.15) is 5.10 Å². The predicted molar refractivity (Wildman–Crippen MR) is 58.3 cm³/mol. The topological polar surface area (TPSA) is 50.1 Å². The number of aryl methyl sites for hydroxylation is 1. The highest BCUT2D eigenvalue weighted by atomic mass is 16.3. The average molecular weight is 209 g/mol. The van der Waals surface area contributed by atoms with Crippen molar-refractivity contribution in [1.29, 1.82) is 0 Å². The van der Waals surface area contributed by atoms with Crippen molar-refractivity contribution >= 4 is 0 Å². The van der Waals surface area contributed by atoms with Crippen molar-refractivity contribution in [3.63, 3.8) is 0 Å². The quantitative estimate of drug-likeness (QED) is 0.749. The van der Waals surface area contributed by atoms with Gasteiger partial charge >= 0.3 is 0 Å². The lowest BCUT2D eigenvalue weighted by molar-refractivity contribution is 0.153. The molecule has 84 valence electrons. The lowest BCUT2D eigenvalue weighted by Gasteiger charge is -2.28. The summed E-state index contributed by atoms with van der Waals surface area (Å²) in [4.78, 5) is 0. The Morgan fingerprint density at radius 3 is 2.87 bits per heavy atom. The lowest BCUT2D eigenvalue weighted by Crippen LogP contribution is -2.47. The Balaban J connectivity index is 1.94. The maximum absolute atomic E-state index is 9.41. The minimum Gasteiger partial charge on any atom is -0.394 e. The van der Waals surface area contributed by atoms with Crippen LogP contribution in [0.5, 0.6) is 0 Å². The van der Waals surface area contributed by atoms with Gasteiger partial charge in [0, 0.05) is 25.3 Å². The fourth-order valence-corrected chi connectivity index (χ4v) is 1.92. The van der Waals surface area contributed by atoms with E-state index in [0.29, 0.717) is 5.92 Å². The van der Waals surface area contributed by atoms with Gasteiger partial charge in [-0.05, 0) is 31.7 Å². The van der Waals surface area contributed by atoms with Gasteiger partial charge in [0.05, 0.1) is 12.3 Å². The van der Waals surface area contributed by atoms with E-state index in [9.17, 15) is 5.11 Å². The van der Waals surface area contributed by atoms with Crippen LogP contribution in [0.4, 0.5) is 0 Å². The molecule has 0 amide bonds. The molecule has 4 nitrogen and oxygen atoms in total. The van der Waals surface area contributed by atoms with E-state index in [2.05, 4.69) is 17.3 Å². The molecular formula is C11H19N3O. The molecule has 2 N–H and O–H groups in total. The molecule has 1 heterocycles. The van der Waals surface area contributed by atoms with Gasteiger partial charge in [-0.25, -0.2) is 0 Å². The van der Waals surface area contributed by atoms with Crippen LogP contribution in [0.1, 0.15) is 25.5 Å². The Morgan fingerprint density at radius 1 is 1.67 bits per heavy atom. The third-order valence-electron chi connectivity index (χ3n) is 3.40. The van der Waals surface area contributed by atoms with Crippen molar-refractivity contribution in [2.75, 3.05) is 6.61 Å². The fourth-order valence-electron chi connectivity index (χ4n) is 1.92. The highest BCUT2D eigenvalue weighted by Crippen LogP contribution is 2.39. The molecule has 0 aliphatic heterocycles. The van der Waals surface area contributed by atoms with E-state index in [4.69, 9.17) is 0 Å². The highest BCUT2D eigenvalue weighted by Gasteiger charge is 2.40. The number of nitrogens with one attached hydrogen (secondary N) is 1. The molecular weight excluding hydrogens is 190 g/mol. The molecule has 1 aliphatic carbocycles. The monoisotopic (exact) mass is 209 g/mol. The Labute approximate surface area is 90.3 Å². The van der Waals surface area contributed by atoms with Crippen LogP contribution in [0.25, 0.3) is 0 Å². The first-order valence-electron chi connectivity index (χ1n) is 5.48. The second-order valence-electron chi connectivity index (χ2n) is 4.65. The summed E-state index contributed by atoms with van der Waals surface area (Å²) in [6.07, 6.45) is 4.26. The largest absolute Gasteiger partial charge is 0.394 e. The third-order valence-corrected chi connectivity index (χ3v) is 3.40. The van der Waals surface area contributed by atoms with Gasteiger partial charge in [0.15, 0.2) is 0 Å². The molecule has 0 spiro atoms. The number of aliphatic hydroxyl groups excluding tert-OH is 1. The van der Waals surface area contributed by atoms with E-state index in [1.165, 1.54) is 12.8 Å². The van der Waals surface area contributed by atoms with Crippen molar-refractivity contribution in [2.24, 2.45) is 13.0 Å². The fraction of sp³-hybridized carbons (Fsp3) is 0.727. The van der Waals surface area contributed by atoms with E-state index in [1.807, 2.05) is 17.8 Å². The first-order chi connectivity index (χ1) is 7.15. The zero-order valence-electron chi connectivity index (χ0n) is 9.40. The number of aliphatic hydroxyl groups is 1. The molecule has 1 unspecified atom stereocenters. The molecule has 1 fully saturated rings. The summed E-state index contributed by atoms with van der Waals surface area (Å²) < 4.78 is 1.86. The van der Waals surface area contributed by atoms with E-state index >= 15 is 0 Å². The number of nitrogens with zero attached hydrogens (tertiary/aromatic N) is 2. The van der Waals surface area contributed by atoms with Gasteiger partial charge in [0.1, 0.15) is 0 Å². The summed E-state index contributed by atoms with van der Waals surface area (Å²) in [6, 6.07) is 2.00. The molecule has 1 aromatic heterocycles. The molecule has 4 heteroatoms. The maximum atomic E-state index is 9.41. The van der Waals surface area contributed by atoms with E-state index in [-0.39, 0.29) is 12.1 Å². The summed E-state index contributed by atoms with van der Waals surface area (Å²) in [6.45, 7) is 3.07. The number of hydrogen-bond donors (Lipinski definition) is 2. The number of hydrogen-bond acceptors (Lipinski definition) is 3. The number of aromatic nitrogens is 2. The maximum Gasteiger partial charge on any atom is 0.0613 e. The van der Waals surface area contributed by atoms with E-state index in [0.717, 1.165) is 12.2 Å². The van der Waals surface area contributed by atoms with Crippen LogP contribution >= 0.6 is 0 Å². The van der Waals surface area contributed by atoms with E-state index in [1.54, 1.807) is 6.20 Å². The Hall–Kier alpha value is -0.870. The second kappa shape index (κ2) is 3.94. The van der Waals surface area contributed by atoms with Crippen LogP contribution < -0.4 is 5.32 Å². The lowest BCUT2D eigenvalue weighted by atomic mass is 9.97. The SMILES string of the molecule is Cn1nccc1CNC(C)(CO)C1CC1. The molecule has 0 bridgehead atoms. The minimum atomic E-state index is -0.121. The summed E-state index contributed by atoms with van der Waals surface area (Å²) in [5, 5.41) is 17.0. The van der Waals surface area contributed by atoms with Gasteiger partial charge in [-0.15, -0.1) is 0 Å². The molecule has 0 radical (unpaired) electrons. The summed E-state index contributed by atoms with van der Waals surface area (Å²) >= 11 is 0. The first-order valence-corrected chi connectivity index (χ1v) is 5.48. The first kappa shape index (κ1) is 10.6. The van der Waals surface area contributed by atoms with Crippen LogP contribution in [0, 0.1) is 5.92 Å². The zero-order chi connectivity index (χ0) is 10.9. The van der Waals surface area contributed by atoms with Crippen LogP contribution in [0.15, 0.2) is 12.3 Å². The van der Waals surface area contributed by atoms with E-state index < -0.39 is 0 Å². The van der Waals surface area contributed by atoms with Crippen LogP contribution in [0.2, 0.25) is 0 Å². The third kappa shape index (κ3) is 2.21. The normalized spacial score (nSPS) is 20.2. The molecule has 0 saturated heterocycles. The van der Waals surface area contributed by atoms with Crippen LogP contribution in [-0.4, -0.2) is 27.0 Å². The van der Waals surface area contributed by atoms with Gasteiger partial charge in [-0.1, -0.05) is 0 Å². The Morgan fingerprint density at radius 2 is 2.40 bits per heavy atom. The summed E-state index contributed by atoms with van der Waals surface area (Å²) in [7, 11) is 1.93. The number of rotatable bonds is 5. The molecule has 1 aromatic rings. The Kier molecular flexibility index (Phi) is 2.80. The van der Waals surface area contributed by atoms with Gasteiger partial charge in [0.25, 0.3) is 0 Å². The second-order valence-corrected chi connectivity index (χ2v) is 4.65. The zero-order valence-corrected chi connectivity index (χ0v) is 9.40. The molecule has 1 aliphatic rings. The molecule has 0 aromatic carbocycles. The standard InChI is InChI=1S/C11H19N3O/c1-11(8-15,9-3-4-9)12-7-10-5-6-13-14(10)2/h5-6,9,12,15H,3-4,7-8H2,1-2H3. The van der Waals surface area contributed by atoms with Crippen molar-refractivity contribution in [2.45, 2.75) is 31.8 Å². The highest BCUT2D eigenvalue weighted by molar-refractivity contribution is 5.03. The van der Waals surface area contributed by atoms with Crippen molar-refractivity contribution in [3.05, 3.63) is 18.0 Å². The van der Waals surface area contributed by atoms with Crippen molar-refractivity contribution in [1.82, 2.24) is 15.1 Å². The summed E-state index contributed by atoms with van der Waals surface area (Å²) in [5.41, 5.74) is 1.03. The Bertz CT molecular complexity index is 332. The summed E-state index contributed by atoms with van der Waals surface area (Å²) in [5.74, 6) is 0.635. The van der Waals surface area contributed by atoms with Gasteiger partial charge in [-0.3, -0.25) is 4.68 Å². The van der Waals surface area contributed by atoms with Gasteiger partial charge in [0.2, 0.25) is 0 Å². The predicted octanol–water partition coefficient (Wildman–Crippen LogP) is 0.671. The smallest absolute Gasteiger partial charge is 0.0613 e. The van der Waals surface area contributed by atoms with Crippen molar-refractivity contribution < 1.29 is 5.11 Å². The van der Waals surface area contributed by atoms with Crippen LogP contribution in [0.3, 0.4) is 0 Å². The van der Waals surface area contributed by atoms with Crippen LogP contribution in [-0.2, 0) is 13.6 Å². The van der Waals surface area contributed by atoms with Crippen molar-refractivity contribution in [3.8, 4) is 0 Å². The average Bonchev–Trinajstić information content (AvgIpc) is 3.01. The molecule has 15 heavy (non-hydrogen) atoms.